The Labute approximate surface area is 174 Å². The molecular formula is C19H25ClN8O. The molecule has 0 unspecified atom stereocenters. The number of hydrogen-bond donors (Lipinski definition) is 4. The second-order valence-corrected chi connectivity index (χ2v) is 6.38. The van der Waals surface area contributed by atoms with Crippen molar-refractivity contribution >= 4 is 29.2 Å². The fourth-order valence-electron chi connectivity index (χ4n) is 2.32. The molecule has 154 valence electrons. The van der Waals surface area contributed by atoms with Gasteiger partial charge in [0.2, 0.25) is 0 Å². The van der Waals surface area contributed by atoms with Crippen molar-refractivity contribution in [2.75, 3.05) is 18.5 Å². The summed E-state index contributed by atoms with van der Waals surface area (Å²) >= 11 is 6.03. The molecule has 0 fully saturated rings. The Kier molecular flexibility index (Phi) is 8.87. The smallest absolute Gasteiger partial charge is 0.151 e. The molecule has 9 nitrogen and oxygen atoms in total. The zero-order valence-corrected chi connectivity index (χ0v) is 17.1. The van der Waals surface area contributed by atoms with Gasteiger partial charge in [-0.3, -0.25) is 5.10 Å². The summed E-state index contributed by atoms with van der Waals surface area (Å²) in [5.74, 6) is 1.22. The maximum Gasteiger partial charge on any atom is 0.151 e. The number of hydrogen-bond acceptors (Lipinski definition) is 7. The van der Waals surface area contributed by atoms with Gasteiger partial charge in [0.15, 0.2) is 5.82 Å². The Morgan fingerprint density at radius 2 is 2.28 bits per heavy atom. The molecule has 0 spiro atoms. The van der Waals surface area contributed by atoms with Crippen LogP contribution in [0.25, 0.3) is 11.4 Å². The third kappa shape index (κ3) is 7.05. The van der Waals surface area contributed by atoms with Crippen molar-refractivity contribution in [1.82, 2.24) is 25.0 Å². The molecule has 2 heterocycles. The molecule has 2 aromatic heterocycles. The van der Waals surface area contributed by atoms with Gasteiger partial charge in [0, 0.05) is 42.9 Å². The maximum absolute atomic E-state index is 7.76. The van der Waals surface area contributed by atoms with Gasteiger partial charge in [-0.15, -0.1) is 0 Å². The Morgan fingerprint density at radius 1 is 1.45 bits per heavy atom. The van der Waals surface area contributed by atoms with Gasteiger partial charge in [0.05, 0.1) is 17.8 Å². The predicted molar refractivity (Wildman–Crippen MR) is 116 cm³/mol. The first-order chi connectivity index (χ1) is 14.1. The number of anilines is 1. The highest BCUT2D eigenvalue weighted by Gasteiger charge is 2.05. The highest BCUT2D eigenvalue weighted by atomic mass is 35.5. The van der Waals surface area contributed by atoms with Crippen molar-refractivity contribution in [2.45, 2.75) is 19.9 Å². The summed E-state index contributed by atoms with van der Waals surface area (Å²) in [6.45, 7) is 5.09. The molecule has 0 bridgehead atoms. The molecule has 1 atom stereocenters. The Morgan fingerprint density at radius 3 is 2.93 bits per heavy atom. The first kappa shape index (κ1) is 22.1. The fourth-order valence-corrected chi connectivity index (χ4v) is 2.44. The normalized spacial score (nSPS) is 12.9. The van der Waals surface area contributed by atoms with Gasteiger partial charge in [-0.25, -0.2) is 9.67 Å². The van der Waals surface area contributed by atoms with Crippen molar-refractivity contribution in [3.63, 3.8) is 0 Å². The standard InChI is InChI=1S/C19H25ClN8O/c1-3-29-12-14(2)26-18-9-15(16(10-21)8-17(20)11-22)4-7-25-28(13-23-18)19-5-6-24-27-19/h4-11,13-14,21,26H,3,12,22H2,1-2H3,(H,24,27)/b15-4?,16-8+,17-11+,18-9?,21-10?,23-13?,25-7?/t14-/m1/s1. The number of nitrogens with two attached hydrogens (primary N) is 1. The molecule has 0 aromatic carbocycles. The lowest BCUT2D eigenvalue weighted by Crippen LogP contribution is -2.22. The number of aromatic amines is 1. The minimum Gasteiger partial charge on any atom is -0.403 e. The van der Waals surface area contributed by atoms with Crippen molar-refractivity contribution in [1.29, 1.82) is 5.41 Å². The van der Waals surface area contributed by atoms with Crippen molar-refractivity contribution in [3.8, 4) is 5.82 Å². The van der Waals surface area contributed by atoms with Crippen LogP contribution in [0.1, 0.15) is 19.4 Å². The lowest BCUT2D eigenvalue weighted by molar-refractivity contribution is 0.141. The van der Waals surface area contributed by atoms with E-state index in [1.54, 1.807) is 47.7 Å². The molecule has 29 heavy (non-hydrogen) atoms. The SMILES string of the molecule is CCOC[C@@H](C)Nc1cc(/C(C=N)=C/C(Cl)=C\N)ccnn(-c2ccn[nH]2)cn1. The highest BCUT2D eigenvalue weighted by Crippen LogP contribution is 2.17. The lowest BCUT2D eigenvalue weighted by atomic mass is 10.1. The Bertz CT molecular complexity index is 903. The maximum atomic E-state index is 7.76. The Balaban J connectivity index is 2.56. The molecule has 0 amide bonds. The number of rotatable bonds is 9. The highest BCUT2D eigenvalue weighted by molar-refractivity contribution is 6.32. The molecule has 5 N–H and O–H groups in total. The van der Waals surface area contributed by atoms with E-state index in [9.17, 15) is 0 Å². The third-order valence-corrected chi connectivity index (χ3v) is 3.92. The first-order valence-corrected chi connectivity index (χ1v) is 9.38. The largest absolute Gasteiger partial charge is 0.403 e. The number of ether oxygens (including phenoxy) is 1. The number of H-pyrrole nitrogens is 1. The summed E-state index contributed by atoms with van der Waals surface area (Å²) in [7, 11) is 0. The van der Waals surface area contributed by atoms with E-state index in [1.165, 1.54) is 12.4 Å². The summed E-state index contributed by atoms with van der Waals surface area (Å²) in [6.07, 6.45) is 8.84. The number of allylic oxidation sites excluding steroid dienone is 3. The van der Waals surface area contributed by atoms with Gasteiger partial charge in [0.25, 0.3) is 0 Å². The van der Waals surface area contributed by atoms with E-state index in [0.717, 1.165) is 0 Å². The number of halogens is 1. The molecule has 0 aliphatic carbocycles. The van der Waals surface area contributed by atoms with Gasteiger partial charge in [-0.2, -0.15) is 10.2 Å². The fraction of sp³-hybridized carbons (Fsp3) is 0.263. The van der Waals surface area contributed by atoms with Gasteiger partial charge in [-0.1, -0.05) is 11.6 Å². The lowest BCUT2D eigenvalue weighted by Gasteiger charge is -2.14. The van der Waals surface area contributed by atoms with E-state index in [0.29, 0.717) is 41.0 Å². The molecule has 0 aliphatic heterocycles. The van der Waals surface area contributed by atoms with Gasteiger partial charge in [-0.05, 0) is 37.6 Å². The summed E-state index contributed by atoms with van der Waals surface area (Å²) < 4.78 is 7.02. The average Bonchev–Trinajstić information content (AvgIpc) is 3.27. The third-order valence-electron chi connectivity index (χ3n) is 3.68. The molecule has 0 saturated carbocycles. The van der Waals surface area contributed by atoms with Crippen LogP contribution in [0, 0.1) is 5.41 Å². The van der Waals surface area contributed by atoms with E-state index in [4.69, 9.17) is 27.5 Å². The minimum atomic E-state index is 0.0156. The van der Waals surface area contributed by atoms with E-state index in [-0.39, 0.29) is 6.04 Å². The molecule has 10 heteroatoms. The van der Waals surface area contributed by atoms with Crippen LogP contribution >= 0.6 is 11.6 Å². The zero-order chi connectivity index (χ0) is 21.1. The second-order valence-electron chi connectivity index (χ2n) is 5.95. The van der Waals surface area contributed by atoms with Gasteiger partial charge >= 0.3 is 0 Å². The summed E-state index contributed by atoms with van der Waals surface area (Å²) in [4.78, 5) is 4.51. The predicted octanol–water partition coefficient (Wildman–Crippen LogP) is 3.02. The van der Waals surface area contributed by atoms with Crippen molar-refractivity contribution in [2.24, 2.45) is 5.73 Å². The van der Waals surface area contributed by atoms with E-state index >= 15 is 0 Å². The molecule has 0 radical (unpaired) electrons. The monoisotopic (exact) mass is 416 g/mol. The minimum absolute atomic E-state index is 0.0156. The summed E-state index contributed by atoms with van der Waals surface area (Å²) in [5.41, 5.74) is 6.68. The first-order valence-electron chi connectivity index (χ1n) is 9.00. The van der Waals surface area contributed by atoms with Crippen LogP contribution in [0.3, 0.4) is 0 Å². The van der Waals surface area contributed by atoms with Crippen molar-refractivity contribution in [3.05, 3.63) is 59.8 Å². The van der Waals surface area contributed by atoms with E-state index < -0.39 is 0 Å². The topological polar surface area (TPSA) is 131 Å². The molecule has 2 aromatic rings. The van der Waals surface area contributed by atoms with Crippen LogP contribution < -0.4 is 11.1 Å². The molecule has 0 aliphatic rings. The quantitative estimate of drug-likeness (QED) is 0.367. The zero-order valence-electron chi connectivity index (χ0n) is 16.3. The summed E-state index contributed by atoms with van der Waals surface area (Å²) in [5, 5.41) is 22.5. The van der Waals surface area contributed by atoms with Crippen LogP contribution in [-0.2, 0) is 4.74 Å². The van der Waals surface area contributed by atoms with E-state index in [1.807, 2.05) is 13.8 Å². The molecule has 2 rings (SSSR count). The molecule has 0 saturated heterocycles. The van der Waals surface area contributed by atoms with Crippen LogP contribution in [0.5, 0.6) is 0 Å². The summed E-state index contributed by atoms with van der Waals surface area (Å²) in [6, 6.07) is 5.35. The van der Waals surface area contributed by atoms with Crippen LogP contribution in [-0.4, -0.2) is 50.4 Å². The van der Waals surface area contributed by atoms with E-state index in [2.05, 4.69) is 25.6 Å². The van der Waals surface area contributed by atoms with Gasteiger partial charge < -0.3 is 21.2 Å². The average molecular weight is 417 g/mol. The van der Waals surface area contributed by atoms with Gasteiger partial charge in [0.1, 0.15) is 12.1 Å². The number of aromatic nitrogens is 5. The van der Waals surface area contributed by atoms with Crippen molar-refractivity contribution < 1.29 is 4.74 Å². The molecular weight excluding hydrogens is 392 g/mol. The second kappa shape index (κ2) is 11.6. The number of nitrogens with zero attached hydrogens (tertiary/aromatic N) is 4. The number of nitrogens with one attached hydrogen (secondary N) is 3. The van der Waals surface area contributed by atoms with Crippen LogP contribution in [0.2, 0.25) is 0 Å². The van der Waals surface area contributed by atoms with Crippen LogP contribution in [0.15, 0.2) is 54.2 Å². The Hall–Kier alpha value is -3.17. The van der Waals surface area contributed by atoms with Crippen LogP contribution in [0.4, 0.5) is 5.82 Å².